The van der Waals surface area contributed by atoms with Gasteiger partial charge in [-0.2, -0.15) is 0 Å². The van der Waals surface area contributed by atoms with Gasteiger partial charge in [-0.15, -0.1) is 0 Å². The number of rotatable bonds is 7. The van der Waals surface area contributed by atoms with E-state index in [4.69, 9.17) is 9.72 Å². The van der Waals surface area contributed by atoms with Gasteiger partial charge >= 0.3 is 0 Å². The summed E-state index contributed by atoms with van der Waals surface area (Å²) in [6, 6.07) is 7.58. The molecule has 2 aliphatic rings. The summed E-state index contributed by atoms with van der Waals surface area (Å²) in [5.41, 5.74) is 2.17. The van der Waals surface area contributed by atoms with Gasteiger partial charge < -0.3 is 19.9 Å². The fourth-order valence-corrected chi connectivity index (χ4v) is 3.88. The summed E-state index contributed by atoms with van der Waals surface area (Å²) in [7, 11) is 5.37. The van der Waals surface area contributed by atoms with Crippen LogP contribution in [0.3, 0.4) is 0 Å². The lowest BCUT2D eigenvalue weighted by molar-refractivity contribution is -0.131. The van der Waals surface area contributed by atoms with E-state index in [-0.39, 0.29) is 23.7 Å². The van der Waals surface area contributed by atoms with Crippen molar-refractivity contribution in [2.75, 3.05) is 39.2 Å². The van der Waals surface area contributed by atoms with Crippen molar-refractivity contribution in [1.29, 1.82) is 0 Å². The van der Waals surface area contributed by atoms with Crippen molar-refractivity contribution in [1.82, 2.24) is 20.2 Å². The summed E-state index contributed by atoms with van der Waals surface area (Å²) in [4.78, 5) is 38.3. The van der Waals surface area contributed by atoms with E-state index in [0.717, 1.165) is 36.3 Å². The minimum absolute atomic E-state index is 0.0335. The molecule has 1 aromatic carbocycles. The van der Waals surface area contributed by atoms with Crippen molar-refractivity contribution < 1.29 is 14.3 Å². The molecule has 0 spiro atoms. The Kier molecular flexibility index (Phi) is 6.06. The summed E-state index contributed by atoms with van der Waals surface area (Å²) in [5.74, 6) is 1.61. The van der Waals surface area contributed by atoms with E-state index in [1.54, 1.807) is 13.3 Å². The molecule has 4 rings (SSSR count). The molecular formula is C23H29N5O3. The third kappa shape index (κ3) is 4.78. The van der Waals surface area contributed by atoms with Crippen LogP contribution in [-0.2, 0) is 11.3 Å². The van der Waals surface area contributed by atoms with E-state index in [1.807, 2.05) is 48.2 Å². The summed E-state index contributed by atoms with van der Waals surface area (Å²) in [5, 5.41) is 2.97. The molecule has 164 valence electrons. The van der Waals surface area contributed by atoms with Crippen molar-refractivity contribution >= 4 is 17.8 Å². The van der Waals surface area contributed by atoms with Crippen LogP contribution in [0.15, 0.2) is 30.5 Å². The SMILES string of the molecule is COc1ccc(CNC(=O)c2cnc(N(C)C)nc2C2CCN(C(=O)C3CC3)C2)cc1. The number of ether oxygens (including phenoxy) is 1. The quantitative estimate of drug-likeness (QED) is 0.735. The first kappa shape index (κ1) is 21.1. The van der Waals surface area contributed by atoms with Gasteiger partial charge in [0.1, 0.15) is 5.75 Å². The van der Waals surface area contributed by atoms with E-state index in [1.165, 1.54) is 0 Å². The lowest BCUT2D eigenvalue weighted by Crippen LogP contribution is -2.30. The van der Waals surface area contributed by atoms with Gasteiger partial charge in [0.05, 0.1) is 18.4 Å². The second-order valence-corrected chi connectivity index (χ2v) is 8.44. The number of nitrogens with one attached hydrogen (secondary N) is 1. The second-order valence-electron chi connectivity index (χ2n) is 8.44. The summed E-state index contributed by atoms with van der Waals surface area (Å²) < 4.78 is 5.18. The van der Waals surface area contributed by atoms with Crippen molar-refractivity contribution in [2.24, 2.45) is 5.92 Å². The average molecular weight is 424 g/mol. The Morgan fingerprint density at radius 2 is 1.94 bits per heavy atom. The maximum absolute atomic E-state index is 13.0. The van der Waals surface area contributed by atoms with E-state index in [2.05, 4.69) is 10.3 Å². The number of methoxy groups -OCH3 is 1. The van der Waals surface area contributed by atoms with Gasteiger partial charge in [0.25, 0.3) is 5.91 Å². The molecule has 1 saturated heterocycles. The zero-order valence-electron chi connectivity index (χ0n) is 18.3. The molecule has 2 heterocycles. The molecule has 1 aromatic heterocycles. The molecule has 1 unspecified atom stereocenters. The molecule has 0 radical (unpaired) electrons. The largest absolute Gasteiger partial charge is 0.497 e. The second kappa shape index (κ2) is 8.91. The minimum Gasteiger partial charge on any atom is -0.497 e. The van der Waals surface area contributed by atoms with Crippen molar-refractivity contribution in [3.05, 3.63) is 47.3 Å². The standard InChI is InChI=1S/C23H29N5O3/c1-27(2)23-25-13-19(21(29)24-12-15-4-8-18(31-3)9-5-15)20(26-23)17-10-11-28(14-17)22(30)16-6-7-16/h4-5,8-9,13,16-17H,6-7,10-12,14H2,1-3H3,(H,24,29). The van der Waals surface area contributed by atoms with Gasteiger partial charge in [-0.3, -0.25) is 9.59 Å². The number of likely N-dealkylation sites (tertiary alicyclic amines) is 1. The first-order valence-corrected chi connectivity index (χ1v) is 10.7. The van der Waals surface area contributed by atoms with Gasteiger partial charge in [0, 0.05) is 51.8 Å². The predicted octanol–water partition coefficient (Wildman–Crippen LogP) is 2.21. The lowest BCUT2D eigenvalue weighted by Gasteiger charge is -2.19. The van der Waals surface area contributed by atoms with Gasteiger partial charge in [-0.1, -0.05) is 12.1 Å². The smallest absolute Gasteiger partial charge is 0.254 e. The van der Waals surface area contributed by atoms with Gasteiger partial charge in [-0.05, 0) is 37.0 Å². The van der Waals surface area contributed by atoms with E-state index >= 15 is 0 Å². The Balaban J connectivity index is 1.50. The molecule has 1 N–H and O–H groups in total. The highest BCUT2D eigenvalue weighted by atomic mass is 16.5. The highest BCUT2D eigenvalue weighted by Gasteiger charge is 2.38. The number of anilines is 1. The van der Waals surface area contributed by atoms with Gasteiger partial charge in [0.15, 0.2) is 0 Å². The number of benzene rings is 1. The first-order chi connectivity index (χ1) is 15.0. The summed E-state index contributed by atoms with van der Waals surface area (Å²) in [6.07, 6.45) is 4.40. The highest BCUT2D eigenvalue weighted by molar-refractivity contribution is 5.95. The molecule has 1 saturated carbocycles. The Hall–Kier alpha value is -3.16. The van der Waals surface area contributed by atoms with Crippen LogP contribution in [0.25, 0.3) is 0 Å². The van der Waals surface area contributed by atoms with Crippen molar-refractivity contribution in [2.45, 2.75) is 31.7 Å². The lowest BCUT2D eigenvalue weighted by atomic mass is 9.99. The van der Waals surface area contributed by atoms with E-state index in [9.17, 15) is 9.59 Å². The molecule has 2 fully saturated rings. The number of amides is 2. The fourth-order valence-electron chi connectivity index (χ4n) is 3.88. The van der Waals surface area contributed by atoms with Crippen molar-refractivity contribution in [3.8, 4) is 5.75 Å². The molecule has 8 nitrogen and oxygen atoms in total. The zero-order chi connectivity index (χ0) is 22.0. The van der Waals surface area contributed by atoms with Crippen LogP contribution in [0, 0.1) is 5.92 Å². The maximum atomic E-state index is 13.0. The van der Waals surface area contributed by atoms with E-state index < -0.39 is 0 Å². The number of hydrogen-bond acceptors (Lipinski definition) is 6. The number of hydrogen-bond donors (Lipinski definition) is 1. The topological polar surface area (TPSA) is 87.7 Å². The van der Waals surface area contributed by atoms with Gasteiger partial charge in [-0.25, -0.2) is 9.97 Å². The Bertz CT molecular complexity index is 956. The Morgan fingerprint density at radius 1 is 1.19 bits per heavy atom. The van der Waals surface area contributed by atoms with Crippen LogP contribution in [0.2, 0.25) is 0 Å². The van der Waals surface area contributed by atoms with Crippen LogP contribution in [0.4, 0.5) is 5.95 Å². The number of carbonyl (C=O) groups is 2. The average Bonchev–Trinajstić information content (AvgIpc) is 3.53. The molecule has 2 amide bonds. The molecular weight excluding hydrogens is 394 g/mol. The third-order valence-corrected chi connectivity index (χ3v) is 5.88. The molecule has 2 aromatic rings. The number of nitrogens with zero attached hydrogens (tertiary/aromatic N) is 4. The van der Waals surface area contributed by atoms with Crippen LogP contribution in [0.5, 0.6) is 5.75 Å². The van der Waals surface area contributed by atoms with Crippen LogP contribution in [0.1, 0.15) is 46.8 Å². The minimum atomic E-state index is -0.205. The Labute approximate surface area is 182 Å². The number of aromatic nitrogens is 2. The number of carbonyl (C=O) groups excluding carboxylic acids is 2. The molecule has 1 aliphatic carbocycles. The maximum Gasteiger partial charge on any atom is 0.254 e. The molecule has 0 bridgehead atoms. The highest BCUT2D eigenvalue weighted by Crippen LogP contribution is 2.35. The molecule has 31 heavy (non-hydrogen) atoms. The van der Waals surface area contributed by atoms with Gasteiger partial charge in [0.2, 0.25) is 11.9 Å². The monoisotopic (exact) mass is 423 g/mol. The van der Waals surface area contributed by atoms with Crippen LogP contribution < -0.4 is 15.0 Å². The molecule has 1 atom stereocenters. The first-order valence-electron chi connectivity index (χ1n) is 10.7. The zero-order valence-corrected chi connectivity index (χ0v) is 18.3. The predicted molar refractivity (Wildman–Crippen MR) is 117 cm³/mol. The molecule has 8 heteroatoms. The Morgan fingerprint density at radius 3 is 2.58 bits per heavy atom. The van der Waals surface area contributed by atoms with Crippen LogP contribution >= 0.6 is 0 Å². The van der Waals surface area contributed by atoms with E-state index in [0.29, 0.717) is 31.1 Å². The summed E-state index contributed by atoms with van der Waals surface area (Å²) in [6.45, 7) is 1.72. The third-order valence-electron chi connectivity index (χ3n) is 5.88. The molecule has 1 aliphatic heterocycles. The van der Waals surface area contributed by atoms with Crippen molar-refractivity contribution in [3.63, 3.8) is 0 Å². The normalized spacial score (nSPS) is 18.0. The fraction of sp³-hybridized carbons (Fsp3) is 0.478. The summed E-state index contributed by atoms with van der Waals surface area (Å²) >= 11 is 0. The van der Waals surface area contributed by atoms with Crippen LogP contribution in [-0.4, -0.2) is 61.0 Å².